The first-order valence-corrected chi connectivity index (χ1v) is 11.1. The van der Waals surface area contributed by atoms with Crippen LogP contribution in [0.3, 0.4) is 0 Å². The zero-order chi connectivity index (χ0) is 24.9. The van der Waals surface area contributed by atoms with Gasteiger partial charge >= 0.3 is 6.55 Å². The fourth-order valence-corrected chi connectivity index (χ4v) is 4.72. The van der Waals surface area contributed by atoms with E-state index in [1.165, 1.54) is 18.2 Å². The molecule has 1 N–H and O–H groups in total. The van der Waals surface area contributed by atoms with E-state index in [1.807, 2.05) is 0 Å². The van der Waals surface area contributed by atoms with E-state index in [0.29, 0.717) is 38.2 Å². The van der Waals surface area contributed by atoms with Gasteiger partial charge in [-0.05, 0) is 47.9 Å². The highest BCUT2D eigenvalue weighted by atomic mass is 35.5. The summed E-state index contributed by atoms with van der Waals surface area (Å²) in [5, 5.41) is 6.62. The summed E-state index contributed by atoms with van der Waals surface area (Å²) < 4.78 is 32.8. The number of carbonyl (C=O) groups is 3. The van der Waals surface area contributed by atoms with Crippen LogP contribution in [0.4, 0.5) is 8.78 Å². The molecule has 0 saturated carbocycles. The van der Waals surface area contributed by atoms with Crippen LogP contribution in [0, 0.1) is 0 Å². The number of fused-ring (bicyclic) bond motifs is 1. The number of imide groups is 1. The van der Waals surface area contributed by atoms with Gasteiger partial charge in [-0.3, -0.25) is 19.7 Å². The number of rotatable bonds is 5. The van der Waals surface area contributed by atoms with Gasteiger partial charge in [-0.15, -0.1) is 0 Å². The van der Waals surface area contributed by atoms with Crippen molar-refractivity contribution in [3.63, 3.8) is 0 Å². The number of piperidine rings is 1. The monoisotopic (exact) mass is 500 g/mol. The number of amides is 3. The summed E-state index contributed by atoms with van der Waals surface area (Å²) in [6, 6.07) is 9.12. The van der Waals surface area contributed by atoms with Crippen LogP contribution in [0.5, 0.6) is 5.75 Å². The van der Waals surface area contributed by atoms with Gasteiger partial charge in [0.1, 0.15) is 17.5 Å². The average molecular weight is 501 g/mol. The average Bonchev–Trinajstić information content (AvgIpc) is 3.41. The first-order chi connectivity index (χ1) is 16.8. The standard InChI is InChI=1S/C24H19ClF2N4O4/c1-35-14-3-5-16(18(25)9-14)21-17(11-31(29-21)24(26)27)12-2-4-15-13(8-12)10-30(23(15)34)19-6-7-20(32)28-22(19)33/h2-5,8-9,11,19,24H,6-7,10H2,1H3,(H,28,32,33)/t19-/m1/s1. The number of methoxy groups -OCH3 is 1. The highest BCUT2D eigenvalue weighted by Crippen LogP contribution is 2.39. The molecule has 1 fully saturated rings. The number of alkyl halides is 2. The quantitative estimate of drug-likeness (QED) is 0.534. The second-order valence-electron chi connectivity index (χ2n) is 8.27. The topological polar surface area (TPSA) is 93.5 Å². The molecule has 2 aliphatic heterocycles. The summed E-state index contributed by atoms with van der Waals surface area (Å²) in [6.07, 6.45) is 1.64. The summed E-state index contributed by atoms with van der Waals surface area (Å²) in [5.74, 6) is -0.670. The Morgan fingerprint density at radius 2 is 1.89 bits per heavy atom. The minimum absolute atomic E-state index is 0.153. The molecule has 0 unspecified atom stereocenters. The lowest BCUT2D eigenvalue weighted by Crippen LogP contribution is -2.52. The van der Waals surface area contributed by atoms with Crippen LogP contribution < -0.4 is 10.1 Å². The van der Waals surface area contributed by atoms with Crippen LogP contribution in [0.15, 0.2) is 42.6 Å². The van der Waals surface area contributed by atoms with Crippen LogP contribution in [0.25, 0.3) is 22.4 Å². The van der Waals surface area contributed by atoms with Crippen molar-refractivity contribution in [2.24, 2.45) is 0 Å². The minimum Gasteiger partial charge on any atom is -0.497 e. The molecule has 2 aliphatic rings. The number of ether oxygens (including phenoxy) is 1. The number of hydrogen-bond acceptors (Lipinski definition) is 5. The van der Waals surface area contributed by atoms with E-state index in [1.54, 1.807) is 36.4 Å². The Morgan fingerprint density at radius 1 is 1.11 bits per heavy atom. The van der Waals surface area contributed by atoms with Crippen molar-refractivity contribution in [3.05, 3.63) is 58.7 Å². The third-order valence-electron chi connectivity index (χ3n) is 6.20. The van der Waals surface area contributed by atoms with Gasteiger partial charge in [-0.1, -0.05) is 17.7 Å². The predicted octanol–water partition coefficient (Wildman–Crippen LogP) is 4.04. The molecule has 1 atom stereocenters. The van der Waals surface area contributed by atoms with E-state index >= 15 is 0 Å². The number of halogens is 3. The molecule has 3 amide bonds. The number of carbonyl (C=O) groups excluding carboxylic acids is 3. The molecule has 0 bridgehead atoms. The Kier molecular flexibility index (Phi) is 5.76. The fourth-order valence-electron chi connectivity index (χ4n) is 4.46. The van der Waals surface area contributed by atoms with Crippen molar-refractivity contribution in [2.45, 2.75) is 32.0 Å². The van der Waals surface area contributed by atoms with Crippen LogP contribution in [0.1, 0.15) is 35.3 Å². The van der Waals surface area contributed by atoms with E-state index in [9.17, 15) is 23.2 Å². The van der Waals surface area contributed by atoms with Crippen molar-refractivity contribution in [1.29, 1.82) is 0 Å². The highest BCUT2D eigenvalue weighted by molar-refractivity contribution is 6.33. The first-order valence-electron chi connectivity index (χ1n) is 10.8. The third-order valence-corrected chi connectivity index (χ3v) is 6.51. The fraction of sp³-hybridized carbons (Fsp3) is 0.250. The Labute approximate surface area is 203 Å². The molecule has 1 aromatic heterocycles. The normalized spacial score (nSPS) is 17.7. The second-order valence-corrected chi connectivity index (χ2v) is 8.67. The molecule has 2 aromatic carbocycles. The molecule has 0 spiro atoms. The maximum atomic E-state index is 13.5. The van der Waals surface area contributed by atoms with Crippen LogP contribution >= 0.6 is 11.6 Å². The minimum atomic E-state index is -2.86. The second kappa shape index (κ2) is 8.77. The van der Waals surface area contributed by atoms with E-state index in [-0.39, 0.29) is 41.9 Å². The molecule has 0 aliphatic carbocycles. The van der Waals surface area contributed by atoms with Crippen molar-refractivity contribution in [2.75, 3.05) is 7.11 Å². The Hall–Kier alpha value is -3.79. The number of benzene rings is 2. The van der Waals surface area contributed by atoms with Gasteiger partial charge in [0.15, 0.2) is 0 Å². The van der Waals surface area contributed by atoms with E-state index in [2.05, 4.69) is 10.4 Å². The van der Waals surface area contributed by atoms with E-state index < -0.39 is 18.5 Å². The number of nitrogens with one attached hydrogen (secondary N) is 1. The number of hydrogen-bond donors (Lipinski definition) is 1. The number of nitrogens with zero attached hydrogens (tertiary/aromatic N) is 3. The van der Waals surface area contributed by atoms with Crippen molar-refractivity contribution >= 4 is 29.3 Å². The van der Waals surface area contributed by atoms with Gasteiger partial charge in [0.2, 0.25) is 11.8 Å². The molecule has 11 heteroatoms. The predicted molar refractivity (Wildman–Crippen MR) is 122 cm³/mol. The SMILES string of the molecule is COc1ccc(-c2nn(C(F)F)cc2-c2ccc3c(c2)CN([C@@H]2CCC(=O)NC2=O)C3=O)c(Cl)c1. The van der Waals surface area contributed by atoms with Crippen molar-refractivity contribution in [3.8, 4) is 28.1 Å². The summed E-state index contributed by atoms with van der Waals surface area (Å²) in [6.45, 7) is -2.70. The lowest BCUT2D eigenvalue weighted by Gasteiger charge is -2.29. The molecule has 1 saturated heterocycles. The van der Waals surface area contributed by atoms with Gasteiger partial charge in [0.25, 0.3) is 5.91 Å². The van der Waals surface area contributed by atoms with Crippen molar-refractivity contribution < 1.29 is 27.9 Å². The summed E-state index contributed by atoms with van der Waals surface area (Å²) in [7, 11) is 1.49. The molecular formula is C24H19ClF2N4O4. The summed E-state index contributed by atoms with van der Waals surface area (Å²) in [5.41, 5.74) is 2.74. The lowest BCUT2D eigenvalue weighted by molar-refractivity contribution is -0.136. The first kappa shape index (κ1) is 23.0. The summed E-state index contributed by atoms with van der Waals surface area (Å²) >= 11 is 6.40. The molecule has 3 heterocycles. The molecule has 5 rings (SSSR count). The third kappa shape index (κ3) is 4.03. The Bertz CT molecular complexity index is 1370. The maximum absolute atomic E-state index is 13.5. The largest absolute Gasteiger partial charge is 0.497 e. The van der Waals surface area contributed by atoms with Gasteiger partial charge in [0, 0.05) is 35.9 Å². The van der Waals surface area contributed by atoms with E-state index in [4.69, 9.17) is 16.3 Å². The Morgan fingerprint density at radius 3 is 2.57 bits per heavy atom. The van der Waals surface area contributed by atoms with E-state index in [0.717, 1.165) is 0 Å². The molecule has 35 heavy (non-hydrogen) atoms. The van der Waals surface area contributed by atoms with Gasteiger partial charge < -0.3 is 9.64 Å². The zero-order valence-corrected chi connectivity index (χ0v) is 19.2. The smallest absolute Gasteiger partial charge is 0.333 e. The summed E-state index contributed by atoms with van der Waals surface area (Å²) in [4.78, 5) is 38.2. The molecule has 3 aromatic rings. The molecular weight excluding hydrogens is 482 g/mol. The van der Waals surface area contributed by atoms with Crippen LogP contribution in [-0.2, 0) is 16.1 Å². The van der Waals surface area contributed by atoms with Gasteiger partial charge in [-0.2, -0.15) is 13.9 Å². The lowest BCUT2D eigenvalue weighted by atomic mass is 9.98. The van der Waals surface area contributed by atoms with Gasteiger partial charge in [0.05, 0.1) is 12.1 Å². The van der Waals surface area contributed by atoms with Crippen molar-refractivity contribution in [1.82, 2.24) is 20.0 Å². The highest BCUT2D eigenvalue weighted by Gasteiger charge is 2.39. The molecule has 8 nitrogen and oxygen atoms in total. The number of aromatic nitrogens is 2. The maximum Gasteiger partial charge on any atom is 0.333 e. The van der Waals surface area contributed by atoms with Crippen LogP contribution in [-0.4, -0.2) is 45.6 Å². The molecule has 180 valence electrons. The van der Waals surface area contributed by atoms with Crippen LogP contribution in [0.2, 0.25) is 5.02 Å². The molecule has 0 radical (unpaired) electrons. The Balaban J connectivity index is 1.53. The van der Waals surface area contributed by atoms with Gasteiger partial charge in [-0.25, -0.2) is 4.68 Å². The zero-order valence-electron chi connectivity index (χ0n) is 18.4.